The van der Waals surface area contributed by atoms with Crippen molar-refractivity contribution in [3.05, 3.63) is 22.4 Å². The molecule has 0 saturated heterocycles. The van der Waals surface area contributed by atoms with Gasteiger partial charge in [0.25, 0.3) is 0 Å². The van der Waals surface area contributed by atoms with Crippen LogP contribution in [0.1, 0.15) is 25.6 Å². The van der Waals surface area contributed by atoms with Crippen molar-refractivity contribution in [3.8, 4) is 0 Å². The van der Waals surface area contributed by atoms with E-state index in [0.717, 1.165) is 25.6 Å². The van der Waals surface area contributed by atoms with E-state index >= 15 is 0 Å². The highest BCUT2D eigenvalue weighted by molar-refractivity contribution is 7.09. The van der Waals surface area contributed by atoms with Gasteiger partial charge in [0.15, 0.2) is 0 Å². The number of nitrogens with one attached hydrogen (secondary N) is 1. The molecule has 0 bridgehead atoms. The maximum Gasteiger partial charge on any atom is 0.0300 e. The van der Waals surface area contributed by atoms with Gasteiger partial charge in [-0.25, -0.2) is 0 Å². The topological polar surface area (TPSA) is 15.3 Å². The molecule has 0 fully saturated rings. The molecule has 0 aromatic carbocycles. The van der Waals surface area contributed by atoms with Crippen molar-refractivity contribution in [3.63, 3.8) is 0 Å². The van der Waals surface area contributed by atoms with Gasteiger partial charge in [0.2, 0.25) is 0 Å². The molecular weight excluding hydrogens is 216 g/mol. The first-order chi connectivity index (χ1) is 7.61. The Morgan fingerprint density at radius 2 is 2.12 bits per heavy atom. The standard InChI is InChI=1S/C13H24N2S/c1-11(2)12(3)15(4)8-7-14-10-13-6-5-9-16-13/h5-6,9,11-12,14H,7-8,10H2,1-4H3. The molecule has 2 nitrogen and oxygen atoms in total. The van der Waals surface area contributed by atoms with E-state index in [0.29, 0.717) is 6.04 Å². The van der Waals surface area contributed by atoms with Crippen LogP contribution in [-0.4, -0.2) is 31.1 Å². The number of hydrogen-bond donors (Lipinski definition) is 1. The Kier molecular flexibility index (Phi) is 6.03. The lowest BCUT2D eigenvalue weighted by molar-refractivity contribution is 0.208. The second-order valence-electron chi connectivity index (χ2n) is 4.72. The molecule has 0 amide bonds. The van der Waals surface area contributed by atoms with E-state index in [4.69, 9.17) is 0 Å². The van der Waals surface area contributed by atoms with E-state index in [9.17, 15) is 0 Å². The first kappa shape index (κ1) is 13.7. The summed E-state index contributed by atoms with van der Waals surface area (Å²) in [5.41, 5.74) is 0. The average Bonchev–Trinajstić information content (AvgIpc) is 2.75. The van der Waals surface area contributed by atoms with Gasteiger partial charge in [-0.05, 0) is 31.3 Å². The van der Waals surface area contributed by atoms with Crippen molar-refractivity contribution in [2.75, 3.05) is 20.1 Å². The zero-order chi connectivity index (χ0) is 12.0. The second kappa shape index (κ2) is 7.05. The molecule has 0 spiro atoms. The normalized spacial score (nSPS) is 13.6. The summed E-state index contributed by atoms with van der Waals surface area (Å²) in [5.74, 6) is 0.724. The van der Waals surface area contributed by atoms with Crippen LogP contribution in [0, 0.1) is 5.92 Å². The summed E-state index contributed by atoms with van der Waals surface area (Å²) in [4.78, 5) is 3.84. The van der Waals surface area contributed by atoms with Crippen LogP contribution in [0.25, 0.3) is 0 Å². The summed E-state index contributed by atoms with van der Waals surface area (Å²) in [6, 6.07) is 4.94. The Labute approximate surface area is 104 Å². The highest BCUT2D eigenvalue weighted by atomic mass is 32.1. The van der Waals surface area contributed by atoms with Crippen molar-refractivity contribution in [1.82, 2.24) is 10.2 Å². The van der Waals surface area contributed by atoms with Gasteiger partial charge in [0.05, 0.1) is 0 Å². The smallest absolute Gasteiger partial charge is 0.0300 e. The van der Waals surface area contributed by atoms with Gasteiger partial charge < -0.3 is 10.2 Å². The van der Waals surface area contributed by atoms with Crippen molar-refractivity contribution < 1.29 is 0 Å². The predicted molar refractivity (Wildman–Crippen MR) is 73.0 cm³/mol. The molecule has 16 heavy (non-hydrogen) atoms. The fourth-order valence-corrected chi connectivity index (χ4v) is 2.27. The van der Waals surface area contributed by atoms with E-state index in [2.05, 4.69) is 55.5 Å². The molecule has 1 heterocycles. The summed E-state index contributed by atoms with van der Waals surface area (Å²) in [6.45, 7) is 10.0. The predicted octanol–water partition coefficient (Wildman–Crippen LogP) is 2.81. The Bertz CT molecular complexity index is 269. The molecule has 0 aliphatic heterocycles. The van der Waals surface area contributed by atoms with E-state index in [-0.39, 0.29) is 0 Å². The molecule has 1 unspecified atom stereocenters. The third kappa shape index (κ3) is 4.64. The van der Waals surface area contributed by atoms with Crippen molar-refractivity contribution in [2.24, 2.45) is 5.92 Å². The summed E-state index contributed by atoms with van der Waals surface area (Å²) in [6.07, 6.45) is 0. The highest BCUT2D eigenvalue weighted by Gasteiger charge is 2.11. The van der Waals surface area contributed by atoms with Gasteiger partial charge in [0.1, 0.15) is 0 Å². The molecule has 1 N–H and O–H groups in total. The fourth-order valence-electron chi connectivity index (χ4n) is 1.59. The first-order valence-electron chi connectivity index (χ1n) is 6.04. The van der Waals surface area contributed by atoms with Crippen LogP contribution in [0.2, 0.25) is 0 Å². The quantitative estimate of drug-likeness (QED) is 0.737. The van der Waals surface area contributed by atoms with E-state index in [1.807, 2.05) is 11.3 Å². The molecule has 0 saturated carbocycles. The van der Waals surface area contributed by atoms with E-state index in [1.54, 1.807) is 0 Å². The summed E-state index contributed by atoms with van der Waals surface area (Å²) in [7, 11) is 2.21. The Balaban J connectivity index is 2.11. The van der Waals surface area contributed by atoms with Crippen molar-refractivity contribution in [2.45, 2.75) is 33.4 Å². The van der Waals surface area contributed by atoms with Crippen molar-refractivity contribution in [1.29, 1.82) is 0 Å². The highest BCUT2D eigenvalue weighted by Crippen LogP contribution is 2.08. The minimum Gasteiger partial charge on any atom is -0.311 e. The van der Waals surface area contributed by atoms with Crippen LogP contribution in [0.4, 0.5) is 0 Å². The lowest BCUT2D eigenvalue weighted by Crippen LogP contribution is -2.37. The maximum absolute atomic E-state index is 3.48. The van der Waals surface area contributed by atoms with Gasteiger partial charge in [-0.1, -0.05) is 19.9 Å². The van der Waals surface area contributed by atoms with Crippen LogP contribution in [0.3, 0.4) is 0 Å². The Hall–Kier alpha value is -0.380. The third-order valence-corrected chi connectivity index (χ3v) is 4.06. The zero-order valence-corrected chi connectivity index (χ0v) is 11.7. The van der Waals surface area contributed by atoms with Gasteiger partial charge in [-0.2, -0.15) is 0 Å². The van der Waals surface area contributed by atoms with Crippen LogP contribution < -0.4 is 5.32 Å². The van der Waals surface area contributed by atoms with E-state index < -0.39 is 0 Å². The lowest BCUT2D eigenvalue weighted by atomic mass is 10.1. The average molecular weight is 240 g/mol. The fraction of sp³-hybridized carbons (Fsp3) is 0.692. The minimum absolute atomic E-state index is 0.656. The molecule has 3 heteroatoms. The number of hydrogen-bond acceptors (Lipinski definition) is 3. The van der Waals surface area contributed by atoms with Crippen LogP contribution in [0.5, 0.6) is 0 Å². The summed E-state index contributed by atoms with van der Waals surface area (Å²) < 4.78 is 0. The summed E-state index contributed by atoms with van der Waals surface area (Å²) in [5, 5.41) is 5.61. The monoisotopic (exact) mass is 240 g/mol. The van der Waals surface area contributed by atoms with Crippen LogP contribution in [-0.2, 0) is 6.54 Å². The first-order valence-corrected chi connectivity index (χ1v) is 6.92. The molecule has 1 atom stereocenters. The number of rotatable bonds is 7. The molecule has 0 radical (unpaired) electrons. The van der Waals surface area contributed by atoms with Gasteiger partial charge in [-0.3, -0.25) is 0 Å². The molecule has 92 valence electrons. The largest absolute Gasteiger partial charge is 0.311 e. The molecule has 0 aliphatic carbocycles. The number of likely N-dealkylation sites (N-methyl/N-ethyl adjacent to an activating group) is 1. The molecule has 1 aromatic rings. The molecule has 0 aliphatic rings. The van der Waals surface area contributed by atoms with Crippen LogP contribution in [0.15, 0.2) is 17.5 Å². The SMILES string of the molecule is CC(C)C(C)N(C)CCNCc1cccs1. The summed E-state index contributed by atoms with van der Waals surface area (Å²) >= 11 is 1.82. The molecule has 1 aromatic heterocycles. The Morgan fingerprint density at radius 1 is 1.38 bits per heavy atom. The van der Waals surface area contributed by atoms with Gasteiger partial charge in [-0.15, -0.1) is 11.3 Å². The van der Waals surface area contributed by atoms with Crippen LogP contribution >= 0.6 is 11.3 Å². The number of nitrogens with zero attached hydrogens (tertiary/aromatic N) is 1. The van der Waals surface area contributed by atoms with Crippen molar-refractivity contribution >= 4 is 11.3 Å². The number of thiophene rings is 1. The van der Waals surface area contributed by atoms with Gasteiger partial charge in [0, 0.05) is 30.6 Å². The maximum atomic E-state index is 3.48. The Morgan fingerprint density at radius 3 is 2.69 bits per heavy atom. The third-order valence-electron chi connectivity index (χ3n) is 3.18. The minimum atomic E-state index is 0.656. The van der Waals surface area contributed by atoms with Gasteiger partial charge >= 0.3 is 0 Å². The molecular formula is C13H24N2S. The van der Waals surface area contributed by atoms with E-state index in [1.165, 1.54) is 4.88 Å². The molecule has 1 rings (SSSR count). The zero-order valence-electron chi connectivity index (χ0n) is 10.9. The lowest BCUT2D eigenvalue weighted by Gasteiger charge is -2.27. The second-order valence-corrected chi connectivity index (χ2v) is 5.75.